The first kappa shape index (κ1) is 24.1. The molecule has 1 saturated heterocycles. The maximum atomic E-state index is 12.7. The van der Waals surface area contributed by atoms with Crippen LogP contribution in [0.25, 0.3) is 11.8 Å². The van der Waals surface area contributed by atoms with E-state index < -0.39 is 12.1 Å². The predicted octanol–water partition coefficient (Wildman–Crippen LogP) is 4.34. The highest BCUT2D eigenvalue weighted by atomic mass is 16.5. The lowest BCUT2D eigenvalue weighted by atomic mass is 10.1. The zero-order valence-corrected chi connectivity index (χ0v) is 19.8. The molecule has 1 unspecified atom stereocenters. The lowest BCUT2D eigenvalue weighted by Gasteiger charge is -2.23. The Morgan fingerprint density at radius 1 is 1.09 bits per heavy atom. The number of benzene rings is 1. The van der Waals surface area contributed by atoms with Gasteiger partial charge in [0.2, 0.25) is 0 Å². The van der Waals surface area contributed by atoms with Crippen molar-refractivity contribution >= 4 is 18.0 Å². The van der Waals surface area contributed by atoms with Crippen molar-refractivity contribution in [2.75, 3.05) is 20.2 Å². The molecule has 2 heterocycles. The van der Waals surface area contributed by atoms with Gasteiger partial charge in [0.15, 0.2) is 6.10 Å². The third kappa shape index (κ3) is 5.64. The van der Waals surface area contributed by atoms with E-state index in [4.69, 9.17) is 9.47 Å². The molecule has 3 rings (SSSR count). The molecule has 1 fully saturated rings. The minimum absolute atomic E-state index is 0.138. The van der Waals surface area contributed by atoms with Gasteiger partial charge in [-0.2, -0.15) is 5.26 Å². The summed E-state index contributed by atoms with van der Waals surface area (Å²) < 4.78 is 12.6. The van der Waals surface area contributed by atoms with Gasteiger partial charge >= 0.3 is 5.97 Å². The van der Waals surface area contributed by atoms with Gasteiger partial charge in [0.25, 0.3) is 5.91 Å². The van der Waals surface area contributed by atoms with Gasteiger partial charge in [0.1, 0.15) is 17.4 Å². The van der Waals surface area contributed by atoms with E-state index in [1.165, 1.54) is 6.08 Å². The lowest BCUT2D eigenvalue weighted by Crippen LogP contribution is -2.40. The molecule has 7 heteroatoms. The maximum Gasteiger partial charge on any atom is 0.349 e. The van der Waals surface area contributed by atoms with Crippen molar-refractivity contribution in [2.24, 2.45) is 0 Å². The van der Waals surface area contributed by atoms with Crippen LogP contribution in [0.1, 0.15) is 49.6 Å². The smallest absolute Gasteiger partial charge is 0.349 e. The molecule has 1 aliphatic rings. The van der Waals surface area contributed by atoms with Crippen molar-refractivity contribution in [3.05, 3.63) is 52.9 Å². The summed E-state index contributed by atoms with van der Waals surface area (Å²) in [5.74, 6) is -0.234. The number of ether oxygens (including phenoxy) is 2. The van der Waals surface area contributed by atoms with Crippen LogP contribution in [0.2, 0.25) is 0 Å². The third-order valence-electron chi connectivity index (χ3n) is 5.99. The quantitative estimate of drug-likeness (QED) is 0.372. The Hall–Kier alpha value is -3.53. The van der Waals surface area contributed by atoms with Crippen LogP contribution in [-0.4, -0.2) is 47.6 Å². The van der Waals surface area contributed by atoms with Crippen LogP contribution in [0.15, 0.2) is 35.9 Å². The van der Waals surface area contributed by atoms with Gasteiger partial charge in [-0.15, -0.1) is 0 Å². The summed E-state index contributed by atoms with van der Waals surface area (Å²) in [6, 6.07) is 11.5. The van der Waals surface area contributed by atoms with Crippen LogP contribution < -0.4 is 4.74 Å². The van der Waals surface area contributed by atoms with E-state index >= 15 is 0 Å². The number of methoxy groups -OCH3 is 1. The van der Waals surface area contributed by atoms with Crippen molar-refractivity contribution in [3.8, 4) is 17.5 Å². The number of aromatic nitrogens is 1. The number of nitrogens with zero attached hydrogens (tertiary/aromatic N) is 3. The van der Waals surface area contributed by atoms with E-state index in [-0.39, 0.29) is 11.5 Å². The minimum Gasteiger partial charge on any atom is -0.497 e. The standard InChI is InChI=1S/C26H31N3O4/c1-18-15-21(19(2)29(18)23-9-11-24(32-4)12-10-23)16-22(17-27)26(31)33-20(3)25(30)28-13-7-5-6-8-14-28/h9-12,15-16,20H,5-8,13-14H2,1-4H3/b22-16+. The summed E-state index contributed by atoms with van der Waals surface area (Å²) in [6.45, 7) is 6.81. The zero-order valence-electron chi connectivity index (χ0n) is 19.8. The molecule has 2 aromatic rings. The molecule has 1 amide bonds. The van der Waals surface area contributed by atoms with Crippen molar-refractivity contribution in [3.63, 3.8) is 0 Å². The Morgan fingerprint density at radius 3 is 2.30 bits per heavy atom. The van der Waals surface area contributed by atoms with E-state index in [1.54, 1.807) is 18.9 Å². The summed E-state index contributed by atoms with van der Waals surface area (Å²) in [5.41, 5.74) is 3.39. The van der Waals surface area contributed by atoms with Gasteiger partial charge in [-0.05, 0) is 75.6 Å². The number of esters is 1. The molecule has 0 aliphatic carbocycles. The van der Waals surface area contributed by atoms with Gasteiger partial charge in [0, 0.05) is 30.2 Å². The van der Waals surface area contributed by atoms with Crippen molar-refractivity contribution in [1.82, 2.24) is 9.47 Å². The maximum absolute atomic E-state index is 12.7. The number of carbonyl (C=O) groups excluding carboxylic acids is 2. The second-order valence-corrected chi connectivity index (χ2v) is 8.32. The fourth-order valence-corrected chi connectivity index (χ4v) is 4.18. The largest absolute Gasteiger partial charge is 0.497 e. The highest BCUT2D eigenvalue weighted by molar-refractivity contribution is 5.99. The summed E-state index contributed by atoms with van der Waals surface area (Å²) in [6.07, 6.45) is 4.72. The Labute approximate surface area is 195 Å². The fraction of sp³-hybridized carbons (Fsp3) is 0.423. The topological polar surface area (TPSA) is 84.6 Å². The average molecular weight is 450 g/mol. The van der Waals surface area contributed by atoms with Crippen LogP contribution in [-0.2, 0) is 14.3 Å². The summed E-state index contributed by atoms with van der Waals surface area (Å²) in [7, 11) is 1.62. The third-order valence-corrected chi connectivity index (χ3v) is 5.99. The van der Waals surface area contributed by atoms with Gasteiger partial charge < -0.3 is 18.9 Å². The molecule has 1 aromatic heterocycles. The van der Waals surface area contributed by atoms with E-state index in [0.717, 1.165) is 54.1 Å². The number of amides is 1. The molecule has 174 valence electrons. The Balaban J connectivity index is 1.77. The first-order valence-electron chi connectivity index (χ1n) is 11.3. The molecule has 1 aromatic carbocycles. The number of aryl methyl sites for hydroxylation is 1. The van der Waals surface area contributed by atoms with Crippen LogP contribution in [0, 0.1) is 25.2 Å². The predicted molar refractivity (Wildman–Crippen MR) is 126 cm³/mol. The van der Waals surface area contributed by atoms with E-state index in [2.05, 4.69) is 0 Å². The lowest BCUT2D eigenvalue weighted by molar-refractivity contribution is -0.155. The molecule has 33 heavy (non-hydrogen) atoms. The highest BCUT2D eigenvalue weighted by Gasteiger charge is 2.26. The minimum atomic E-state index is -0.931. The number of carbonyl (C=O) groups is 2. The normalized spacial score (nSPS) is 15.4. The van der Waals surface area contributed by atoms with E-state index in [9.17, 15) is 14.9 Å². The average Bonchev–Trinajstić information content (AvgIpc) is 2.99. The number of hydrogen-bond donors (Lipinski definition) is 0. The summed E-state index contributed by atoms with van der Waals surface area (Å²) in [5, 5.41) is 9.60. The fourth-order valence-electron chi connectivity index (χ4n) is 4.18. The highest BCUT2D eigenvalue weighted by Crippen LogP contribution is 2.24. The van der Waals surface area contributed by atoms with Gasteiger partial charge in [-0.25, -0.2) is 4.79 Å². The van der Waals surface area contributed by atoms with E-state index in [1.807, 2.05) is 54.8 Å². The molecule has 1 aliphatic heterocycles. The monoisotopic (exact) mass is 449 g/mol. The second kappa shape index (κ2) is 10.9. The first-order valence-corrected chi connectivity index (χ1v) is 11.3. The van der Waals surface area contributed by atoms with Crippen molar-refractivity contribution < 1.29 is 19.1 Å². The number of nitriles is 1. The van der Waals surface area contributed by atoms with E-state index in [0.29, 0.717) is 13.1 Å². The molecular weight excluding hydrogens is 418 g/mol. The molecule has 0 radical (unpaired) electrons. The molecule has 0 bridgehead atoms. The molecule has 0 spiro atoms. The Kier molecular flexibility index (Phi) is 7.94. The van der Waals surface area contributed by atoms with Crippen molar-refractivity contribution in [2.45, 2.75) is 52.6 Å². The van der Waals surface area contributed by atoms with Gasteiger partial charge in [-0.3, -0.25) is 4.79 Å². The molecule has 1 atom stereocenters. The summed E-state index contributed by atoms with van der Waals surface area (Å²) >= 11 is 0. The molecule has 7 nitrogen and oxygen atoms in total. The molecular formula is C26H31N3O4. The first-order chi connectivity index (χ1) is 15.8. The second-order valence-electron chi connectivity index (χ2n) is 8.32. The molecule has 0 saturated carbocycles. The van der Waals surface area contributed by atoms with Crippen LogP contribution in [0.4, 0.5) is 0 Å². The van der Waals surface area contributed by atoms with Crippen LogP contribution in [0.5, 0.6) is 5.75 Å². The number of rotatable bonds is 6. The van der Waals surface area contributed by atoms with Gasteiger partial charge in [0.05, 0.1) is 7.11 Å². The van der Waals surface area contributed by atoms with Gasteiger partial charge in [-0.1, -0.05) is 12.8 Å². The Morgan fingerprint density at radius 2 is 1.73 bits per heavy atom. The van der Waals surface area contributed by atoms with Crippen LogP contribution >= 0.6 is 0 Å². The van der Waals surface area contributed by atoms with Crippen LogP contribution in [0.3, 0.4) is 0 Å². The van der Waals surface area contributed by atoms with Crippen molar-refractivity contribution in [1.29, 1.82) is 5.26 Å². The molecule has 0 N–H and O–H groups in total. The zero-order chi connectivity index (χ0) is 24.0. The number of likely N-dealkylation sites (tertiary alicyclic amines) is 1. The summed E-state index contributed by atoms with van der Waals surface area (Å²) in [4.78, 5) is 27.1. The number of hydrogen-bond acceptors (Lipinski definition) is 5. The Bertz CT molecular complexity index is 1070. The SMILES string of the molecule is COc1ccc(-n2c(C)cc(/C=C(\C#N)C(=O)OC(C)C(=O)N3CCCCCC3)c2C)cc1.